The monoisotopic (exact) mass is 334 g/mol. The Bertz CT molecular complexity index is 680. The first kappa shape index (κ1) is 15.7. The van der Waals surface area contributed by atoms with Crippen LogP contribution in [0.15, 0.2) is 41.3 Å². The molecule has 0 aliphatic carbocycles. The van der Waals surface area contributed by atoms with Gasteiger partial charge in [-0.2, -0.15) is 0 Å². The second kappa shape index (κ2) is 6.90. The Kier molecular flexibility index (Phi) is 4.91. The normalized spacial score (nSPS) is 17.8. The molecular formula is C17H19ClN2OS. The summed E-state index contributed by atoms with van der Waals surface area (Å²) in [5, 5.41) is 6.18. The minimum absolute atomic E-state index is 0.169. The van der Waals surface area contributed by atoms with Crippen LogP contribution in [0.3, 0.4) is 0 Å². The lowest BCUT2D eigenvalue weighted by atomic mass is 10.1. The number of likely N-dealkylation sites (N-methyl/N-ethyl adjacent to an activating group) is 1. The highest BCUT2D eigenvalue weighted by molar-refractivity contribution is 8.00. The van der Waals surface area contributed by atoms with E-state index in [1.54, 1.807) is 11.8 Å². The predicted octanol–water partition coefficient (Wildman–Crippen LogP) is 3.41. The molecule has 0 saturated carbocycles. The average Bonchev–Trinajstić information content (AvgIpc) is 3.06. The second-order valence-electron chi connectivity index (χ2n) is 5.53. The third kappa shape index (κ3) is 3.24. The van der Waals surface area contributed by atoms with Gasteiger partial charge in [0, 0.05) is 34.9 Å². The van der Waals surface area contributed by atoms with Crippen molar-refractivity contribution in [2.75, 3.05) is 25.9 Å². The van der Waals surface area contributed by atoms with E-state index in [0.717, 1.165) is 40.2 Å². The van der Waals surface area contributed by atoms with Crippen molar-refractivity contribution in [3.8, 4) is 0 Å². The van der Waals surface area contributed by atoms with Gasteiger partial charge in [-0.05, 0) is 30.5 Å². The van der Waals surface area contributed by atoms with Crippen molar-refractivity contribution in [2.24, 2.45) is 0 Å². The maximum absolute atomic E-state index is 12.4. The number of thioether (sulfide) groups is 1. The van der Waals surface area contributed by atoms with Crippen molar-refractivity contribution < 1.29 is 4.79 Å². The number of nitrogens with zero attached hydrogens (tertiary/aromatic N) is 1. The molecule has 0 bridgehead atoms. The third-order valence-electron chi connectivity index (χ3n) is 4.14. The van der Waals surface area contributed by atoms with Crippen LogP contribution in [0.5, 0.6) is 0 Å². The second-order valence-corrected chi connectivity index (χ2v) is 6.96. The number of hydrogen-bond donors (Lipinski definition) is 1. The van der Waals surface area contributed by atoms with Gasteiger partial charge in [0.05, 0.1) is 5.75 Å². The van der Waals surface area contributed by atoms with E-state index in [1.165, 1.54) is 0 Å². The van der Waals surface area contributed by atoms with Crippen LogP contribution in [0.4, 0.5) is 0 Å². The molecule has 1 unspecified atom stereocenters. The highest BCUT2D eigenvalue weighted by Crippen LogP contribution is 2.33. The molecule has 1 atom stereocenters. The zero-order valence-electron chi connectivity index (χ0n) is 12.5. The summed E-state index contributed by atoms with van der Waals surface area (Å²) >= 11 is 7.89. The standard InChI is InChI=1S/C17H19ClN2OS/c1-20(13-8-9-19-10-13)16(21)11-22-15-7-3-5-12-4-2-6-14(18)17(12)15/h2-7,13,19H,8-11H2,1H3. The van der Waals surface area contributed by atoms with E-state index in [9.17, 15) is 4.79 Å². The van der Waals surface area contributed by atoms with Gasteiger partial charge in [0.25, 0.3) is 0 Å². The lowest BCUT2D eigenvalue weighted by Gasteiger charge is -2.23. The molecule has 1 fully saturated rings. The molecule has 116 valence electrons. The summed E-state index contributed by atoms with van der Waals surface area (Å²) in [6.07, 6.45) is 1.03. The molecule has 1 aliphatic rings. The van der Waals surface area contributed by atoms with E-state index in [2.05, 4.69) is 5.32 Å². The van der Waals surface area contributed by atoms with Gasteiger partial charge in [0.15, 0.2) is 0 Å². The highest BCUT2D eigenvalue weighted by Gasteiger charge is 2.23. The number of fused-ring (bicyclic) bond motifs is 1. The first-order chi connectivity index (χ1) is 10.7. The van der Waals surface area contributed by atoms with Crippen LogP contribution in [0.25, 0.3) is 10.8 Å². The molecule has 1 aliphatic heterocycles. The van der Waals surface area contributed by atoms with Gasteiger partial charge in [-0.15, -0.1) is 11.8 Å². The molecular weight excluding hydrogens is 316 g/mol. The summed E-state index contributed by atoms with van der Waals surface area (Å²) < 4.78 is 0. The zero-order chi connectivity index (χ0) is 15.5. The number of nitrogens with one attached hydrogen (secondary N) is 1. The molecule has 3 rings (SSSR count). The molecule has 1 N–H and O–H groups in total. The fraction of sp³-hybridized carbons (Fsp3) is 0.353. The Hall–Kier alpha value is -1.23. The van der Waals surface area contributed by atoms with Crippen molar-refractivity contribution in [3.05, 3.63) is 41.4 Å². The molecule has 0 aromatic heterocycles. The summed E-state index contributed by atoms with van der Waals surface area (Å²) in [6.45, 7) is 1.89. The lowest BCUT2D eigenvalue weighted by molar-refractivity contribution is -0.128. The molecule has 0 spiro atoms. The Balaban J connectivity index is 1.72. The predicted molar refractivity (Wildman–Crippen MR) is 93.7 cm³/mol. The van der Waals surface area contributed by atoms with Gasteiger partial charge in [0.2, 0.25) is 5.91 Å². The molecule has 2 aromatic rings. The minimum atomic E-state index is 0.169. The van der Waals surface area contributed by atoms with Crippen LogP contribution in [0.2, 0.25) is 5.02 Å². The maximum Gasteiger partial charge on any atom is 0.232 e. The van der Waals surface area contributed by atoms with E-state index >= 15 is 0 Å². The Morgan fingerprint density at radius 1 is 1.36 bits per heavy atom. The van der Waals surface area contributed by atoms with Crippen molar-refractivity contribution in [1.82, 2.24) is 10.2 Å². The van der Waals surface area contributed by atoms with Gasteiger partial charge < -0.3 is 10.2 Å². The quantitative estimate of drug-likeness (QED) is 0.870. The van der Waals surface area contributed by atoms with Crippen LogP contribution in [-0.2, 0) is 4.79 Å². The summed E-state index contributed by atoms with van der Waals surface area (Å²) in [6, 6.07) is 12.3. The molecule has 1 amide bonds. The fourth-order valence-corrected chi connectivity index (χ4v) is 4.17. The number of amides is 1. The van der Waals surface area contributed by atoms with Crippen molar-refractivity contribution in [1.29, 1.82) is 0 Å². The Labute approximate surface area is 140 Å². The van der Waals surface area contributed by atoms with Crippen LogP contribution >= 0.6 is 23.4 Å². The van der Waals surface area contributed by atoms with Gasteiger partial charge in [-0.3, -0.25) is 4.79 Å². The number of rotatable bonds is 4. The number of hydrogen-bond acceptors (Lipinski definition) is 3. The first-order valence-corrected chi connectivity index (χ1v) is 8.79. The minimum Gasteiger partial charge on any atom is -0.341 e. The summed E-state index contributed by atoms with van der Waals surface area (Å²) in [7, 11) is 1.90. The summed E-state index contributed by atoms with van der Waals surface area (Å²) in [5.41, 5.74) is 0. The Morgan fingerprint density at radius 2 is 2.14 bits per heavy atom. The number of halogens is 1. The van der Waals surface area contributed by atoms with E-state index in [1.807, 2.05) is 48.3 Å². The largest absolute Gasteiger partial charge is 0.341 e. The van der Waals surface area contributed by atoms with Crippen molar-refractivity contribution in [3.63, 3.8) is 0 Å². The van der Waals surface area contributed by atoms with E-state index in [4.69, 9.17) is 11.6 Å². The lowest BCUT2D eigenvalue weighted by Crippen LogP contribution is -2.39. The van der Waals surface area contributed by atoms with Gasteiger partial charge in [0.1, 0.15) is 0 Å². The SMILES string of the molecule is CN(C(=O)CSc1cccc2cccc(Cl)c12)C1CCNC1. The Morgan fingerprint density at radius 3 is 2.86 bits per heavy atom. The van der Waals surface area contributed by atoms with E-state index in [-0.39, 0.29) is 5.91 Å². The maximum atomic E-state index is 12.4. The molecule has 0 radical (unpaired) electrons. The highest BCUT2D eigenvalue weighted by atomic mass is 35.5. The number of benzene rings is 2. The van der Waals surface area contributed by atoms with Gasteiger partial charge in [-0.1, -0.05) is 35.9 Å². The zero-order valence-corrected chi connectivity index (χ0v) is 14.1. The number of carbonyl (C=O) groups excluding carboxylic acids is 1. The van der Waals surface area contributed by atoms with Gasteiger partial charge >= 0.3 is 0 Å². The number of carbonyl (C=O) groups is 1. The molecule has 1 saturated heterocycles. The molecule has 3 nitrogen and oxygen atoms in total. The fourth-order valence-electron chi connectivity index (χ4n) is 2.80. The summed E-state index contributed by atoms with van der Waals surface area (Å²) in [5.74, 6) is 0.611. The molecule has 5 heteroatoms. The molecule has 2 aromatic carbocycles. The van der Waals surface area contributed by atoms with Crippen molar-refractivity contribution >= 4 is 40.0 Å². The molecule has 1 heterocycles. The van der Waals surface area contributed by atoms with E-state index < -0.39 is 0 Å². The van der Waals surface area contributed by atoms with Crippen LogP contribution < -0.4 is 5.32 Å². The summed E-state index contributed by atoms with van der Waals surface area (Å²) in [4.78, 5) is 15.3. The topological polar surface area (TPSA) is 32.3 Å². The van der Waals surface area contributed by atoms with Gasteiger partial charge in [-0.25, -0.2) is 0 Å². The first-order valence-electron chi connectivity index (χ1n) is 7.43. The third-order valence-corrected chi connectivity index (χ3v) is 5.50. The van der Waals surface area contributed by atoms with Crippen LogP contribution in [-0.4, -0.2) is 42.7 Å². The smallest absolute Gasteiger partial charge is 0.232 e. The van der Waals surface area contributed by atoms with Crippen LogP contribution in [0.1, 0.15) is 6.42 Å². The van der Waals surface area contributed by atoms with E-state index in [0.29, 0.717) is 11.8 Å². The van der Waals surface area contributed by atoms with Crippen LogP contribution in [0, 0.1) is 0 Å². The average molecular weight is 335 g/mol. The van der Waals surface area contributed by atoms with Crippen molar-refractivity contribution in [2.45, 2.75) is 17.4 Å². The molecule has 22 heavy (non-hydrogen) atoms.